The summed E-state index contributed by atoms with van der Waals surface area (Å²) in [5.74, 6) is 0. The van der Waals surface area contributed by atoms with Gasteiger partial charge in [-0.15, -0.1) is 11.3 Å². The molecule has 1 aromatic carbocycles. The molecule has 2 rings (SSSR count). The largest absolute Gasteiger partial charge is 0.411 e. The van der Waals surface area contributed by atoms with Gasteiger partial charge in [-0.1, -0.05) is 42.8 Å². The first-order valence-corrected chi connectivity index (χ1v) is 12.7. The first-order valence-electron chi connectivity index (χ1n) is 8.04. The van der Waals surface area contributed by atoms with Crippen molar-refractivity contribution in [3.63, 3.8) is 0 Å². The molecular weight excluding hydrogens is 405 g/mol. The zero-order valence-electron chi connectivity index (χ0n) is 15.1. The van der Waals surface area contributed by atoms with Crippen molar-refractivity contribution in [3.8, 4) is 0 Å². The van der Waals surface area contributed by atoms with Crippen molar-refractivity contribution in [2.75, 3.05) is 0 Å². The summed E-state index contributed by atoms with van der Waals surface area (Å²) in [6.45, 7) is 12.6. The van der Waals surface area contributed by atoms with Crippen LogP contribution in [0.25, 0.3) is 16.3 Å². The highest BCUT2D eigenvalue weighted by Crippen LogP contribution is 2.39. The lowest BCUT2D eigenvalue weighted by atomic mass is 10.1. The lowest BCUT2D eigenvalue weighted by molar-refractivity contribution is 0.101. The molecule has 2 atom stereocenters. The van der Waals surface area contributed by atoms with Crippen LogP contribution in [-0.2, 0) is 4.43 Å². The van der Waals surface area contributed by atoms with Gasteiger partial charge in [-0.25, -0.2) is 9.37 Å². The number of halogens is 2. The van der Waals surface area contributed by atoms with Crippen molar-refractivity contribution < 1.29 is 8.82 Å². The third kappa shape index (κ3) is 4.34. The monoisotopic (exact) mass is 429 g/mol. The third-order valence-corrected chi connectivity index (χ3v) is 10.5. The summed E-state index contributed by atoms with van der Waals surface area (Å²) >= 11 is 4.81. The van der Waals surface area contributed by atoms with Gasteiger partial charge in [0.25, 0.3) is 0 Å². The molecule has 0 amide bonds. The molecule has 24 heavy (non-hydrogen) atoms. The Hall–Kier alpha value is -0.563. The van der Waals surface area contributed by atoms with Crippen LogP contribution in [0.2, 0.25) is 18.1 Å². The number of rotatable bonds is 5. The smallest absolute Gasteiger partial charge is 0.192 e. The van der Waals surface area contributed by atoms with Crippen LogP contribution >= 0.6 is 27.3 Å². The molecule has 0 spiro atoms. The van der Waals surface area contributed by atoms with E-state index < -0.39 is 20.6 Å². The van der Waals surface area contributed by atoms with E-state index in [1.807, 2.05) is 31.2 Å². The maximum absolute atomic E-state index is 15.0. The second kappa shape index (κ2) is 7.36. The van der Waals surface area contributed by atoms with E-state index in [0.717, 1.165) is 15.2 Å². The molecule has 0 radical (unpaired) electrons. The molecule has 0 N–H and O–H groups in total. The van der Waals surface area contributed by atoms with Crippen LogP contribution in [0.3, 0.4) is 0 Å². The molecule has 1 heterocycles. The Morgan fingerprint density at radius 3 is 2.58 bits per heavy atom. The molecule has 0 saturated carbocycles. The van der Waals surface area contributed by atoms with Gasteiger partial charge in [-0.2, -0.15) is 0 Å². The Kier molecular flexibility index (Phi) is 6.06. The van der Waals surface area contributed by atoms with Crippen molar-refractivity contribution in [2.24, 2.45) is 0 Å². The van der Waals surface area contributed by atoms with Crippen LogP contribution in [0.1, 0.15) is 44.4 Å². The molecule has 1 aromatic heterocycles. The SMILES string of the molecule is CC(O[Si](C)(C)C(C)(C)C)C(F)c1ccc2nc(/C=C/Br)sc2c1. The molecule has 2 aromatic rings. The van der Waals surface area contributed by atoms with Crippen molar-refractivity contribution >= 4 is 51.9 Å². The maximum Gasteiger partial charge on any atom is 0.192 e. The van der Waals surface area contributed by atoms with Crippen LogP contribution in [0, 0.1) is 0 Å². The van der Waals surface area contributed by atoms with Gasteiger partial charge in [0.15, 0.2) is 8.32 Å². The second-order valence-corrected chi connectivity index (χ2v) is 13.9. The van der Waals surface area contributed by atoms with E-state index in [4.69, 9.17) is 4.43 Å². The Morgan fingerprint density at radius 2 is 2.00 bits per heavy atom. The molecule has 0 saturated heterocycles. The van der Waals surface area contributed by atoms with Gasteiger partial charge < -0.3 is 4.43 Å². The predicted octanol–water partition coefficient (Wildman–Crippen LogP) is 7.08. The van der Waals surface area contributed by atoms with E-state index in [-0.39, 0.29) is 5.04 Å². The van der Waals surface area contributed by atoms with Crippen molar-refractivity contribution in [1.29, 1.82) is 0 Å². The Morgan fingerprint density at radius 1 is 1.33 bits per heavy atom. The van der Waals surface area contributed by atoms with E-state index in [9.17, 15) is 4.39 Å². The molecule has 0 bridgehead atoms. The molecule has 132 valence electrons. The highest BCUT2D eigenvalue weighted by atomic mass is 79.9. The number of benzene rings is 1. The zero-order chi connectivity index (χ0) is 18.1. The minimum atomic E-state index is -1.99. The van der Waals surface area contributed by atoms with Crippen LogP contribution < -0.4 is 0 Å². The Labute approximate surface area is 157 Å². The number of aromatic nitrogens is 1. The normalized spacial score (nSPS) is 16.0. The summed E-state index contributed by atoms with van der Waals surface area (Å²) < 4.78 is 22.2. The molecule has 0 aliphatic rings. The van der Waals surface area contributed by atoms with E-state index >= 15 is 0 Å². The maximum atomic E-state index is 15.0. The zero-order valence-corrected chi connectivity index (χ0v) is 18.5. The van der Waals surface area contributed by atoms with Crippen LogP contribution in [0.5, 0.6) is 0 Å². The van der Waals surface area contributed by atoms with Crippen LogP contribution in [0.15, 0.2) is 23.2 Å². The summed E-state index contributed by atoms with van der Waals surface area (Å²) in [5.41, 5.74) is 1.56. The van der Waals surface area contributed by atoms with E-state index in [1.54, 1.807) is 16.3 Å². The van der Waals surface area contributed by atoms with E-state index in [2.05, 4.69) is 54.8 Å². The van der Waals surface area contributed by atoms with E-state index in [0.29, 0.717) is 5.56 Å². The second-order valence-electron chi connectivity index (χ2n) is 7.56. The topological polar surface area (TPSA) is 22.1 Å². The minimum absolute atomic E-state index is 0.0690. The fraction of sp³-hybridized carbons (Fsp3) is 0.500. The number of hydrogen-bond donors (Lipinski definition) is 0. The van der Waals surface area contributed by atoms with Crippen molar-refractivity contribution in [1.82, 2.24) is 4.98 Å². The van der Waals surface area contributed by atoms with Gasteiger partial charge in [0.2, 0.25) is 0 Å². The standard InChI is InChI=1S/C18H25BrFNOSSi/c1-12(22-24(5,6)18(2,3)4)17(20)13-7-8-14-15(11-13)23-16(21-14)9-10-19/h7-12,17H,1-6H3/b10-9+. The summed E-state index contributed by atoms with van der Waals surface area (Å²) in [7, 11) is -1.99. The van der Waals surface area contributed by atoms with Crippen molar-refractivity contribution in [3.05, 3.63) is 33.8 Å². The fourth-order valence-corrected chi connectivity index (χ4v) is 4.97. The molecule has 0 aliphatic carbocycles. The summed E-state index contributed by atoms with van der Waals surface area (Å²) in [5, 5.41) is 0.972. The molecule has 6 heteroatoms. The van der Waals surface area contributed by atoms with Gasteiger partial charge in [0.05, 0.1) is 16.3 Å². The summed E-state index contributed by atoms with van der Waals surface area (Å²) in [6.07, 6.45) is 0.291. The quantitative estimate of drug-likeness (QED) is 0.473. The number of nitrogens with zero attached hydrogens (tertiary/aromatic N) is 1. The van der Waals surface area contributed by atoms with Crippen LogP contribution in [-0.4, -0.2) is 19.4 Å². The van der Waals surface area contributed by atoms with Gasteiger partial charge in [-0.05, 0) is 53.8 Å². The third-order valence-electron chi connectivity index (χ3n) is 4.65. The first kappa shape index (κ1) is 19.8. The van der Waals surface area contributed by atoms with Crippen LogP contribution in [0.4, 0.5) is 4.39 Å². The van der Waals surface area contributed by atoms with Gasteiger partial charge in [0.1, 0.15) is 11.2 Å². The van der Waals surface area contributed by atoms with Gasteiger partial charge in [-0.3, -0.25) is 0 Å². The number of alkyl halides is 1. The molecule has 2 unspecified atom stereocenters. The Bertz CT molecular complexity index is 738. The molecule has 2 nitrogen and oxygen atoms in total. The van der Waals surface area contributed by atoms with Crippen molar-refractivity contribution in [2.45, 2.75) is 58.1 Å². The first-order chi connectivity index (χ1) is 11.0. The Balaban J connectivity index is 2.22. The van der Waals surface area contributed by atoms with E-state index in [1.165, 1.54) is 0 Å². The van der Waals surface area contributed by atoms with Gasteiger partial charge in [0, 0.05) is 0 Å². The number of thiazole rings is 1. The summed E-state index contributed by atoms with van der Waals surface area (Å²) in [4.78, 5) is 6.27. The summed E-state index contributed by atoms with van der Waals surface area (Å²) in [6, 6.07) is 5.60. The molecule has 0 aliphatic heterocycles. The predicted molar refractivity (Wildman–Crippen MR) is 109 cm³/mol. The highest BCUT2D eigenvalue weighted by Gasteiger charge is 2.40. The average molecular weight is 430 g/mol. The highest BCUT2D eigenvalue weighted by molar-refractivity contribution is 9.11. The number of hydrogen-bond acceptors (Lipinski definition) is 3. The lowest BCUT2D eigenvalue weighted by Crippen LogP contribution is -2.44. The lowest BCUT2D eigenvalue weighted by Gasteiger charge is -2.39. The molecular formula is C18H25BrFNOSSi. The average Bonchev–Trinajstić information content (AvgIpc) is 2.86. The fourth-order valence-electron chi connectivity index (χ4n) is 2.23. The molecule has 0 fully saturated rings. The minimum Gasteiger partial charge on any atom is -0.411 e. The number of fused-ring (bicyclic) bond motifs is 1. The van der Waals surface area contributed by atoms with Gasteiger partial charge >= 0.3 is 0 Å².